The second kappa shape index (κ2) is 4.06. The minimum atomic E-state index is -0.315. The molecule has 1 aromatic carbocycles. The van der Waals surface area contributed by atoms with E-state index in [2.05, 4.69) is 4.98 Å². The lowest BCUT2D eigenvalue weighted by Gasteiger charge is -2.08. The largest absolute Gasteiger partial charge is 0.496 e. The van der Waals surface area contributed by atoms with Crippen molar-refractivity contribution in [1.29, 1.82) is 0 Å². The molecule has 0 unspecified atom stereocenters. The highest BCUT2D eigenvalue weighted by atomic mass is 35.5. The number of nitrogens with one attached hydrogen (secondary N) is 1. The first kappa shape index (κ1) is 10.8. The minimum Gasteiger partial charge on any atom is -0.496 e. The van der Waals surface area contributed by atoms with Gasteiger partial charge < -0.3 is 14.5 Å². The van der Waals surface area contributed by atoms with Gasteiger partial charge in [0.15, 0.2) is 5.75 Å². The van der Waals surface area contributed by atoms with Crippen LogP contribution in [-0.4, -0.2) is 19.2 Å². The molecule has 0 fully saturated rings. The molecule has 2 aromatic rings. The Morgan fingerprint density at radius 3 is 2.50 bits per heavy atom. The Bertz CT molecular complexity index is 592. The zero-order valence-electron chi connectivity index (χ0n) is 8.83. The summed E-state index contributed by atoms with van der Waals surface area (Å²) in [4.78, 5) is 14.2. The zero-order chi connectivity index (χ0) is 11.7. The van der Waals surface area contributed by atoms with Gasteiger partial charge >= 0.3 is 0 Å². The molecule has 0 radical (unpaired) electrons. The Morgan fingerprint density at radius 1 is 1.19 bits per heavy atom. The number of aromatic amines is 1. The predicted octanol–water partition coefficient (Wildman–Crippen LogP) is 2.20. The van der Waals surface area contributed by atoms with Crippen molar-refractivity contribution in [2.45, 2.75) is 0 Å². The summed E-state index contributed by atoms with van der Waals surface area (Å²) in [7, 11) is 2.99. The molecule has 0 bridgehead atoms. The Hall–Kier alpha value is -1.68. The first-order chi connectivity index (χ1) is 7.67. The Labute approximate surface area is 96.8 Å². The van der Waals surface area contributed by atoms with Crippen LogP contribution in [0.5, 0.6) is 11.5 Å². The van der Waals surface area contributed by atoms with Crippen LogP contribution in [0.4, 0.5) is 0 Å². The summed E-state index contributed by atoms with van der Waals surface area (Å²) < 4.78 is 10.1. The molecular formula is C11H10ClNO3. The number of pyridine rings is 1. The van der Waals surface area contributed by atoms with Crippen LogP contribution < -0.4 is 15.0 Å². The number of fused-ring (bicyclic) bond motifs is 1. The van der Waals surface area contributed by atoms with Gasteiger partial charge in [-0.15, -0.1) is 0 Å². The molecule has 2 rings (SSSR count). The molecule has 4 nitrogen and oxygen atoms in total. The lowest BCUT2D eigenvalue weighted by atomic mass is 10.2. The number of H-pyrrole nitrogens is 1. The van der Waals surface area contributed by atoms with E-state index < -0.39 is 0 Å². The van der Waals surface area contributed by atoms with E-state index in [1.165, 1.54) is 7.11 Å². The van der Waals surface area contributed by atoms with E-state index >= 15 is 0 Å². The first-order valence-corrected chi connectivity index (χ1v) is 4.98. The van der Waals surface area contributed by atoms with Crippen molar-refractivity contribution in [3.8, 4) is 11.5 Å². The van der Waals surface area contributed by atoms with Gasteiger partial charge in [0.2, 0.25) is 0 Å². The second-order valence-corrected chi connectivity index (χ2v) is 3.61. The van der Waals surface area contributed by atoms with Crippen LogP contribution in [0.3, 0.4) is 0 Å². The fourth-order valence-corrected chi connectivity index (χ4v) is 1.76. The van der Waals surface area contributed by atoms with Crippen molar-refractivity contribution in [3.63, 3.8) is 0 Å². The molecular weight excluding hydrogens is 230 g/mol. The van der Waals surface area contributed by atoms with E-state index in [0.717, 1.165) is 0 Å². The third-order valence-electron chi connectivity index (χ3n) is 2.33. The molecule has 0 amide bonds. The molecule has 5 heteroatoms. The van der Waals surface area contributed by atoms with Crippen molar-refractivity contribution < 1.29 is 9.47 Å². The van der Waals surface area contributed by atoms with E-state index in [1.54, 1.807) is 25.3 Å². The summed E-state index contributed by atoms with van der Waals surface area (Å²) in [5.41, 5.74) is 0.233. The lowest BCUT2D eigenvalue weighted by molar-refractivity contribution is 0.407. The Kier molecular flexibility index (Phi) is 2.75. The van der Waals surface area contributed by atoms with Crippen LogP contribution in [0, 0.1) is 0 Å². The van der Waals surface area contributed by atoms with Crippen molar-refractivity contribution in [2.75, 3.05) is 14.2 Å². The standard InChI is InChI=1S/C11H10ClNO3/c1-15-8-4-3-7(12)10-6(8)5-9(16-2)11(14)13-10/h3-5H,1-2H3,(H,13,14). The molecule has 0 aliphatic carbocycles. The fraction of sp³-hybridized carbons (Fsp3) is 0.182. The molecule has 1 N–H and O–H groups in total. The smallest absolute Gasteiger partial charge is 0.290 e. The number of rotatable bonds is 2. The van der Waals surface area contributed by atoms with E-state index in [0.29, 0.717) is 21.7 Å². The van der Waals surface area contributed by atoms with Crippen molar-refractivity contribution in [3.05, 3.63) is 33.6 Å². The van der Waals surface area contributed by atoms with Gasteiger partial charge in [0.05, 0.1) is 24.8 Å². The number of ether oxygens (including phenoxy) is 2. The highest BCUT2D eigenvalue weighted by Crippen LogP contribution is 2.30. The van der Waals surface area contributed by atoms with E-state index in [1.807, 2.05) is 0 Å². The van der Waals surface area contributed by atoms with Crippen LogP contribution >= 0.6 is 11.6 Å². The molecule has 84 valence electrons. The second-order valence-electron chi connectivity index (χ2n) is 3.21. The fourth-order valence-electron chi connectivity index (χ4n) is 1.55. The monoisotopic (exact) mass is 239 g/mol. The van der Waals surface area contributed by atoms with E-state index in [4.69, 9.17) is 21.1 Å². The normalized spacial score (nSPS) is 10.4. The molecule has 0 aliphatic rings. The molecule has 16 heavy (non-hydrogen) atoms. The SMILES string of the molecule is COc1cc2c(OC)ccc(Cl)c2[nH]c1=O. The lowest BCUT2D eigenvalue weighted by Crippen LogP contribution is -2.09. The Morgan fingerprint density at radius 2 is 1.88 bits per heavy atom. The molecule has 0 atom stereocenters. The summed E-state index contributed by atoms with van der Waals surface area (Å²) in [5, 5.41) is 1.18. The van der Waals surface area contributed by atoms with Crippen LogP contribution in [0.15, 0.2) is 23.0 Å². The van der Waals surface area contributed by atoms with Crippen molar-refractivity contribution in [2.24, 2.45) is 0 Å². The quantitative estimate of drug-likeness (QED) is 0.874. The van der Waals surface area contributed by atoms with Gasteiger partial charge in [-0.3, -0.25) is 4.79 Å². The number of benzene rings is 1. The molecule has 0 saturated heterocycles. The highest BCUT2D eigenvalue weighted by molar-refractivity contribution is 6.35. The van der Waals surface area contributed by atoms with Crippen molar-refractivity contribution >= 4 is 22.5 Å². The average Bonchev–Trinajstić information content (AvgIpc) is 2.30. The minimum absolute atomic E-state index is 0.230. The van der Waals surface area contributed by atoms with Gasteiger partial charge in [0, 0.05) is 5.39 Å². The van der Waals surface area contributed by atoms with Gasteiger partial charge in [-0.1, -0.05) is 11.6 Å². The predicted molar refractivity (Wildman–Crippen MR) is 62.7 cm³/mol. The van der Waals surface area contributed by atoms with Crippen LogP contribution in [-0.2, 0) is 0 Å². The zero-order valence-corrected chi connectivity index (χ0v) is 9.59. The van der Waals surface area contributed by atoms with Crippen LogP contribution in [0.2, 0.25) is 5.02 Å². The summed E-state index contributed by atoms with van der Waals surface area (Å²) >= 11 is 5.99. The highest BCUT2D eigenvalue weighted by Gasteiger charge is 2.09. The average molecular weight is 240 g/mol. The molecule has 0 spiro atoms. The topological polar surface area (TPSA) is 51.3 Å². The number of hydrogen-bond acceptors (Lipinski definition) is 3. The molecule has 1 aromatic heterocycles. The maximum atomic E-state index is 11.5. The Balaban J connectivity index is 2.88. The third kappa shape index (κ3) is 1.61. The number of aromatic nitrogens is 1. The number of hydrogen-bond donors (Lipinski definition) is 1. The number of halogens is 1. The number of methoxy groups -OCH3 is 2. The summed E-state index contributed by atoms with van der Waals surface area (Å²) in [5.74, 6) is 0.863. The molecule has 0 aliphatic heterocycles. The van der Waals surface area contributed by atoms with Gasteiger partial charge in [-0.2, -0.15) is 0 Å². The third-order valence-corrected chi connectivity index (χ3v) is 2.65. The van der Waals surface area contributed by atoms with Crippen LogP contribution in [0.25, 0.3) is 10.9 Å². The first-order valence-electron chi connectivity index (χ1n) is 4.61. The van der Waals surface area contributed by atoms with E-state index in [-0.39, 0.29) is 11.3 Å². The van der Waals surface area contributed by atoms with E-state index in [9.17, 15) is 4.79 Å². The maximum absolute atomic E-state index is 11.5. The summed E-state index contributed by atoms with van der Waals surface area (Å²) in [6.45, 7) is 0. The van der Waals surface area contributed by atoms with Gasteiger partial charge in [-0.05, 0) is 18.2 Å². The van der Waals surface area contributed by atoms with Gasteiger partial charge in [0.1, 0.15) is 5.75 Å². The van der Waals surface area contributed by atoms with Gasteiger partial charge in [0.25, 0.3) is 5.56 Å². The molecule has 1 heterocycles. The molecule has 0 saturated carbocycles. The van der Waals surface area contributed by atoms with Crippen LogP contribution in [0.1, 0.15) is 0 Å². The van der Waals surface area contributed by atoms with Gasteiger partial charge in [-0.25, -0.2) is 0 Å². The maximum Gasteiger partial charge on any atom is 0.290 e. The van der Waals surface area contributed by atoms with Crippen molar-refractivity contribution in [1.82, 2.24) is 4.98 Å². The summed E-state index contributed by atoms with van der Waals surface area (Å²) in [6.07, 6.45) is 0. The summed E-state index contributed by atoms with van der Waals surface area (Å²) in [6, 6.07) is 5.02.